The number of benzene rings is 2. The van der Waals surface area contributed by atoms with E-state index in [9.17, 15) is 27.2 Å². The minimum Gasteiger partial charge on any atom is -0.484 e. The summed E-state index contributed by atoms with van der Waals surface area (Å²) in [5.41, 5.74) is 0.992. The van der Waals surface area contributed by atoms with E-state index in [1.54, 1.807) is 6.07 Å². The Hall–Kier alpha value is -4.19. The van der Waals surface area contributed by atoms with Gasteiger partial charge in [-0.15, -0.1) is 0 Å². The van der Waals surface area contributed by atoms with E-state index < -0.39 is 32.8 Å². The molecule has 0 aliphatic carbocycles. The molecular weight excluding hydrogens is 517 g/mol. The number of hydrogen-bond acceptors (Lipinski definition) is 7. The van der Waals surface area contributed by atoms with Crippen LogP contribution in [0.2, 0.25) is 0 Å². The third-order valence-corrected chi connectivity index (χ3v) is 7.85. The molecule has 1 atom stereocenters. The number of piperazine rings is 1. The molecule has 10 nitrogen and oxygen atoms in total. The molecule has 2 aromatic carbocycles. The maximum atomic E-state index is 13.4. The van der Waals surface area contributed by atoms with Crippen LogP contribution in [-0.2, 0) is 19.4 Å². The fourth-order valence-corrected chi connectivity index (χ4v) is 5.38. The molecule has 3 amide bonds. The lowest BCUT2D eigenvalue weighted by Gasteiger charge is -2.36. The standard InChI is InChI=1S/C26H26FN3O7S/c1-18-4-2-5-20(16-18)37-17-23(31)29-11-13-30(14-12-29)26(33)25(28-24(32)22-6-3-15-36-22)38(34,35)21-9-7-19(27)8-10-21/h2-10,15-16,25H,11-14,17H2,1H3,(H,28,32). The van der Waals surface area contributed by atoms with Gasteiger partial charge in [0.2, 0.25) is 15.2 Å². The number of nitrogens with one attached hydrogen (secondary N) is 1. The normalized spacial score (nSPS) is 14.6. The lowest BCUT2D eigenvalue weighted by Crippen LogP contribution is -2.58. The lowest BCUT2D eigenvalue weighted by molar-refractivity contribution is -0.140. The van der Waals surface area contributed by atoms with E-state index in [1.807, 2.05) is 25.1 Å². The predicted molar refractivity (Wildman–Crippen MR) is 133 cm³/mol. The van der Waals surface area contributed by atoms with Gasteiger partial charge in [0.25, 0.3) is 17.7 Å². The zero-order valence-electron chi connectivity index (χ0n) is 20.5. The summed E-state index contributed by atoms with van der Waals surface area (Å²) in [6, 6.07) is 14.0. The van der Waals surface area contributed by atoms with E-state index in [1.165, 1.54) is 28.2 Å². The van der Waals surface area contributed by atoms with Crippen molar-refractivity contribution in [3.63, 3.8) is 0 Å². The largest absolute Gasteiger partial charge is 0.484 e. The zero-order valence-corrected chi connectivity index (χ0v) is 21.3. The van der Waals surface area contributed by atoms with Gasteiger partial charge in [0.15, 0.2) is 12.4 Å². The molecule has 1 aromatic heterocycles. The van der Waals surface area contributed by atoms with Gasteiger partial charge in [-0.2, -0.15) is 0 Å². The number of carbonyl (C=O) groups is 3. The van der Waals surface area contributed by atoms with Gasteiger partial charge in [0, 0.05) is 26.2 Å². The Morgan fingerprint density at radius 1 is 1.00 bits per heavy atom. The van der Waals surface area contributed by atoms with Crippen LogP contribution in [-0.4, -0.2) is 74.1 Å². The molecule has 0 saturated carbocycles. The van der Waals surface area contributed by atoms with Crippen molar-refractivity contribution >= 4 is 27.6 Å². The molecule has 200 valence electrons. The van der Waals surface area contributed by atoms with Crippen molar-refractivity contribution in [2.75, 3.05) is 32.8 Å². The topological polar surface area (TPSA) is 126 Å². The molecule has 2 heterocycles. The number of halogens is 1. The van der Waals surface area contributed by atoms with Crippen LogP contribution in [0.3, 0.4) is 0 Å². The smallest absolute Gasteiger partial charge is 0.288 e. The maximum absolute atomic E-state index is 13.4. The molecule has 38 heavy (non-hydrogen) atoms. The minimum absolute atomic E-state index is 0.0427. The first kappa shape index (κ1) is 26.9. The van der Waals surface area contributed by atoms with E-state index in [2.05, 4.69) is 5.32 Å². The van der Waals surface area contributed by atoms with Crippen molar-refractivity contribution in [1.29, 1.82) is 0 Å². The summed E-state index contributed by atoms with van der Waals surface area (Å²) in [6.45, 7) is 2.11. The zero-order chi connectivity index (χ0) is 27.3. The summed E-state index contributed by atoms with van der Waals surface area (Å²) < 4.78 is 50.7. The van der Waals surface area contributed by atoms with E-state index >= 15 is 0 Å². The number of hydrogen-bond donors (Lipinski definition) is 1. The fraction of sp³-hybridized carbons (Fsp3) is 0.269. The second kappa shape index (κ2) is 11.5. The van der Waals surface area contributed by atoms with Crippen molar-refractivity contribution in [3.8, 4) is 5.75 Å². The molecular formula is C26H26FN3O7S. The van der Waals surface area contributed by atoms with Crippen LogP contribution in [0.5, 0.6) is 5.75 Å². The number of ether oxygens (including phenoxy) is 1. The van der Waals surface area contributed by atoms with E-state index in [4.69, 9.17) is 9.15 Å². The molecule has 1 saturated heterocycles. The van der Waals surface area contributed by atoms with E-state index in [0.717, 1.165) is 29.8 Å². The van der Waals surface area contributed by atoms with Gasteiger partial charge in [-0.1, -0.05) is 12.1 Å². The number of sulfone groups is 1. The highest BCUT2D eigenvalue weighted by atomic mass is 32.2. The number of nitrogens with zero attached hydrogens (tertiary/aromatic N) is 2. The molecule has 1 aliphatic rings. The quantitative estimate of drug-likeness (QED) is 0.431. The summed E-state index contributed by atoms with van der Waals surface area (Å²) >= 11 is 0. The van der Waals surface area contributed by atoms with Crippen LogP contribution in [0.25, 0.3) is 0 Å². The average molecular weight is 544 g/mol. The van der Waals surface area contributed by atoms with E-state index in [-0.39, 0.29) is 49.3 Å². The van der Waals surface area contributed by atoms with Gasteiger partial charge in [0.05, 0.1) is 11.2 Å². The van der Waals surface area contributed by atoms with Crippen molar-refractivity contribution in [2.24, 2.45) is 0 Å². The Morgan fingerprint density at radius 2 is 1.68 bits per heavy atom. The number of amides is 3. The lowest BCUT2D eigenvalue weighted by atomic mass is 10.2. The first-order chi connectivity index (χ1) is 18.1. The van der Waals surface area contributed by atoms with Gasteiger partial charge < -0.3 is 24.3 Å². The van der Waals surface area contributed by atoms with Crippen molar-refractivity contribution in [2.45, 2.75) is 17.2 Å². The number of rotatable bonds is 8. The third kappa shape index (κ3) is 6.20. The molecule has 1 fully saturated rings. The van der Waals surface area contributed by atoms with Crippen LogP contribution in [0.1, 0.15) is 16.1 Å². The third-order valence-electron chi connectivity index (χ3n) is 5.98. The van der Waals surface area contributed by atoms with Crippen LogP contribution in [0, 0.1) is 12.7 Å². The fourth-order valence-electron chi connectivity index (χ4n) is 3.91. The minimum atomic E-state index is -4.46. The van der Waals surface area contributed by atoms with Crippen LogP contribution < -0.4 is 10.1 Å². The summed E-state index contributed by atoms with van der Waals surface area (Å²) in [7, 11) is -4.46. The van der Waals surface area contributed by atoms with Gasteiger partial charge in [0.1, 0.15) is 11.6 Å². The molecule has 12 heteroatoms. The highest BCUT2D eigenvalue weighted by Gasteiger charge is 2.40. The molecule has 1 aliphatic heterocycles. The van der Waals surface area contributed by atoms with Crippen molar-refractivity contribution < 1.29 is 36.3 Å². The highest BCUT2D eigenvalue weighted by Crippen LogP contribution is 2.19. The maximum Gasteiger partial charge on any atom is 0.288 e. The second-order valence-electron chi connectivity index (χ2n) is 8.64. The van der Waals surface area contributed by atoms with Gasteiger partial charge in [-0.25, -0.2) is 12.8 Å². The summed E-state index contributed by atoms with van der Waals surface area (Å²) in [4.78, 5) is 41.1. The van der Waals surface area contributed by atoms with Crippen molar-refractivity contribution in [3.05, 3.63) is 84.1 Å². The summed E-state index contributed by atoms with van der Waals surface area (Å²) in [5, 5.41) is 0.252. The van der Waals surface area contributed by atoms with Crippen LogP contribution in [0.4, 0.5) is 4.39 Å². The SMILES string of the molecule is Cc1cccc(OCC(=O)N2CCN(C(=O)C(NC(=O)c3ccco3)S(=O)(=O)c3ccc(F)cc3)CC2)c1. The summed E-state index contributed by atoms with van der Waals surface area (Å²) in [5.74, 6) is -2.33. The molecule has 1 N–H and O–H groups in total. The van der Waals surface area contributed by atoms with Gasteiger partial charge in [-0.05, 0) is 61.0 Å². The Labute approximate surface area is 218 Å². The highest BCUT2D eigenvalue weighted by molar-refractivity contribution is 7.92. The van der Waals surface area contributed by atoms with Crippen LogP contribution in [0.15, 0.2) is 76.2 Å². The first-order valence-corrected chi connectivity index (χ1v) is 13.3. The summed E-state index contributed by atoms with van der Waals surface area (Å²) in [6.07, 6.45) is 1.24. The van der Waals surface area contributed by atoms with Gasteiger partial charge >= 0.3 is 0 Å². The second-order valence-corrected chi connectivity index (χ2v) is 10.7. The number of aryl methyl sites for hydroxylation is 1. The molecule has 0 spiro atoms. The monoisotopic (exact) mass is 543 g/mol. The first-order valence-electron chi connectivity index (χ1n) is 11.7. The Balaban J connectivity index is 1.44. The molecule has 0 bridgehead atoms. The van der Waals surface area contributed by atoms with Crippen LogP contribution >= 0.6 is 0 Å². The Bertz CT molecular complexity index is 1400. The molecule has 0 radical (unpaired) electrons. The Morgan fingerprint density at radius 3 is 2.32 bits per heavy atom. The average Bonchev–Trinajstić information content (AvgIpc) is 3.45. The number of carbonyl (C=O) groups excluding carboxylic acids is 3. The number of furan rings is 1. The van der Waals surface area contributed by atoms with Gasteiger partial charge in [-0.3, -0.25) is 14.4 Å². The Kier molecular flexibility index (Phi) is 8.10. The molecule has 3 aromatic rings. The molecule has 4 rings (SSSR count). The van der Waals surface area contributed by atoms with Crippen molar-refractivity contribution in [1.82, 2.24) is 15.1 Å². The van der Waals surface area contributed by atoms with E-state index in [0.29, 0.717) is 5.75 Å². The molecule has 1 unspecified atom stereocenters. The predicted octanol–water partition coefficient (Wildman–Crippen LogP) is 2.01.